The topological polar surface area (TPSA) is 80.9 Å². The van der Waals surface area contributed by atoms with Crippen molar-refractivity contribution in [2.75, 3.05) is 0 Å². The van der Waals surface area contributed by atoms with Crippen LogP contribution in [0.3, 0.4) is 0 Å². The van der Waals surface area contributed by atoms with Gasteiger partial charge in [-0.05, 0) is 0 Å². The Morgan fingerprint density at radius 1 is 1.00 bits per heavy atom. The molecule has 3 radical (unpaired) electrons. The third kappa shape index (κ3) is 103. The van der Waals surface area contributed by atoms with Gasteiger partial charge >= 0.3 is 46.8 Å². The molecule has 0 atom stereocenters. The number of rotatable bonds is 0. The minimum atomic E-state index is -4.61. The molecule has 0 amide bonds. The molecule has 0 aliphatic rings. The zero-order valence-electron chi connectivity index (χ0n) is 5.57. The molecule has 0 unspecified atom stereocenters. The van der Waals surface area contributed by atoms with E-state index < -0.39 is 9.05 Å². The minimum absolute atomic E-state index is 0. The van der Waals surface area contributed by atoms with Crippen molar-refractivity contribution in [2.45, 2.75) is 0 Å². The van der Waals surface area contributed by atoms with Crippen molar-refractivity contribution in [1.82, 2.24) is 0 Å². The van der Waals surface area contributed by atoms with Crippen molar-refractivity contribution in [2.24, 2.45) is 0 Å². The van der Waals surface area contributed by atoms with Gasteiger partial charge < -0.3 is 22.0 Å². The van der Waals surface area contributed by atoms with E-state index in [-0.39, 0.29) is 66.4 Å². The quantitative estimate of drug-likeness (QED) is 0.283. The average Bonchev–Trinajstić information content (AvgIpc) is 0.722. The fraction of sp³-hybridized carbons (Fsp3) is 0. The van der Waals surface area contributed by atoms with Crippen molar-refractivity contribution < 1.29 is 22.0 Å². The Balaban J connectivity index is -0.00000000800. The monoisotopic (exact) mass is 179 g/mol. The van der Waals surface area contributed by atoms with E-state index in [0.717, 1.165) is 0 Å². The second-order valence-electron chi connectivity index (χ2n) is 0.600. The Bertz CT molecular complexity index is 38.7. The summed E-state index contributed by atoms with van der Waals surface area (Å²) < 4.78 is 0. The van der Waals surface area contributed by atoms with Crippen LogP contribution in [0.15, 0.2) is 0 Å². The molecule has 0 bridgehead atoms. The summed E-state index contributed by atoms with van der Waals surface area (Å²) in [6, 6.07) is 0. The van der Waals surface area contributed by atoms with Crippen LogP contribution in [-0.4, -0.2) is 91.7 Å². The molecule has 4 nitrogen and oxygen atoms in total. The molecule has 0 aliphatic heterocycles. The van der Waals surface area contributed by atoms with Crippen LogP contribution in [0.5, 0.6) is 0 Å². The van der Waals surface area contributed by atoms with E-state index in [2.05, 4.69) is 0 Å². The third-order valence-electron chi connectivity index (χ3n) is 0. The summed E-state index contributed by atoms with van der Waals surface area (Å²) in [4.78, 5) is 29.3. The molecule has 0 aromatic carbocycles. The molecule has 0 aromatic heterocycles. The Kier molecular flexibility index (Phi) is 25.1. The Morgan fingerprint density at radius 2 is 1.00 bits per heavy atom. The molecule has 8 heavy (non-hydrogen) atoms. The second-order valence-corrected chi connectivity index (χ2v) is 1.80. The molecule has 8 heteroatoms. The van der Waals surface area contributed by atoms with Crippen LogP contribution in [0.2, 0.25) is 0 Å². The first-order chi connectivity index (χ1) is 2.00. The van der Waals surface area contributed by atoms with Gasteiger partial charge in [-0.15, -0.1) is 0 Å². The molecule has 0 fully saturated rings. The minimum Gasteiger partial charge on any atom is -1.00 e. The maximum atomic E-state index is 7.33. The van der Waals surface area contributed by atoms with E-state index in [1.807, 2.05) is 0 Å². The molecule has 45 valence electrons. The fourth-order valence-corrected chi connectivity index (χ4v) is 0. The van der Waals surface area contributed by atoms with Gasteiger partial charge in [0.2, 0.25) is 0 Å². The fourth-order valence-electron chi connectivity index (χ4n) is 0. The van der Waals surface area contributed by atoms with E-state index in [9.17, 15) is 0 Å². The predicted octanol–water partition coefficient (Wildman–Crippen LogP) is -4.33. The maximum absolute atomic E-state index is 7.33. The van der Waals surface area contributed by atoms with Crippen LogP contribution >= 0.6 is 0 Å². The molecular formula is H9AlBCaO4Si. The van der Waals surface area contributed by atoms with E-state index in [1.54, 1.807) is 0 Å². The molecule has 0 aromatic rings. The molecule has 0 saturated carbocycles. The predicted molar refractivity (Wildman–Crippen MR) is 38.3 cm³/mol. The van der Waals surface area contributed by atoms with Gasteiger partial charge in [0, 0.05) is 8.41 Å². The summed E-state index contributed by atoms with van der Waals surface area (Å²) in [7, 11) is -4.61. The van der Waals surface area contributed by atoms with Crippen molar-refractivity contribution >= 4 is 72.6 Å². The smallest absolute Gasteiger partial charge is 1.00 e. The third-order valence-corrected chi connectivity index (χ3v) is 0. The van der Waals surface area contributed by atoms with Crippen molar-refractivity contribution in [3.63, 3.8) is 0 Å². The molecule has 0 heterocycles. The van der Waals surface area contributed by atoms with Crippen LogP contribution in [0.4, 0.5) is 0 Å². The Hall–Kier alpha value is 1.91. The summed E-state index contributed by atoms with van der Waals surface area (Å²) >= 11 is 0. The molecule has 4 N–H and O–H groups in total. The largest absolute Gasteiger partial charge is 2.00 e. The van der Waals surface area contributed by atoms with Crippen LogP contribution in [0.25, 0.3) is 0 Å². The first kappa shape index (κ1) is 22.5. The average molecular weight is 179 g/mol. The summed E-state index contributed by atoms with van der Waals surface area (Å²) in [5, 5.41) is 0. The van der Waals surface area contributed by atoms with Gasteiger partial charge in [0.1, 0.15) is 0 Å². The van der Waals surface area contributed by atoms with Gasteiger partial charge in [-0.2, -0.15) is 0 Å². The van der Waals surface area contributed by atoms with Crippen molar-refractivity contribution in [3.05, 3.63) is 0 Å². The standard InChI is InChI=1S/Al.B.Ca.H4O4Si.5H/c;;;1-5(2,3)4;;;;;/h;;;1-4H;;;;;/q;;+2;;;;;2*-1. The second kappa shape index (κ2) is 8.91. The normalized spacial score (nSPS) is 7.50. The molecule has 0 rings (SSSR count). The van der Waals surface area contributed by atoms with Crippen molar-refractivity contribution in [1.29, 1.82) is 0 Å². The molecular weight excluding hydrogens is 170 g/mol. The first-order valence-corrected chi connectivity index (χ1v) is 2.68. The summed E-state index contributed by atoms with van der Waals surface area (Å²) in [6.07, 6.45) is 0. The summed E-state index contributed by atoms with van der Waals surface area (Å²) in [5.41, 5.74) is 0. The zero-order chi connectivity index (χ0) is 4.50. The van der Waals surface area contributed by atoms with E-state index in [0.29, 0.717) is 0 Å². The van der Waals surface area contributed by atoms with E-state index in [1.165, 1.54) is 0 Å². The van der Waals surface area contributed by atoms with Crippen LogP contribution in [-0.2, 0) is 0 Å². The first-order valence-electron chi connectivity index (χ1n) is 0.894. The zero-order valence-corrected chi connectivity index (χ0v) is 6.78. The maximum Gasteiger partial charge on any atom is 2.00 e. The van der Waals surface area contributed by atoms with Gasteiger partial charge in [0.05, 0.1) is 0 Å². The van der Waals surface area contributed by atoms with Gasteiger partial charge in [0.15, 0.2) is 17.4 Å². The van der Waals surface area contributed by atoms with Gasteiger partial charge in [-0.25, -0.2) is 0 Å². The van der Waals surface area contributed by atoms with Crippen LogP contribution in [0.1, 0.15) is 2.85 Å². The summed E-state index contributed by atoms with van der Waals surface area (Å²) in [5.74, 6) is 0. The van der Waals surface area contributed by atoms with Gasteiger partial charge in [0.25, 0.3) is 0 Å². The Morgan fingerprint density at radius 3 is 1.00 bits per heavy atom. The molecule has 0 saturated heterocycles. The van der Waals surface area contributed by atoms with Crippen LogP contribution < -0.4 is 0 Å². The number of hydrogen-bond acceptors (Lipinski definition) is 4. The SMILES string of the molecule is O[Si](O)(O)O.[AlH3].[B].[Ca+2].[H-].[H-]. The van der Waals surface area contributed by atoms with Gasteiger partial charge in [-0.1, -0.05) is 0 Å². The molecule has 0 spiro atoms. The van der Waals surface area contributed by atoms with Gasteiger partial charge in [-0.3, -0.25) is 0 Å². The molecule has 0 aliphatic carbocycles. The van der Waals surface area contributed by atoms with Crippen molar-refractivity contribution in [3.8, 4) is 0 Å². The number of hydrogen-bond donors (Lipinski definition) is 4. The van der Waals surface area contributed by atoms with Crippen LogP contribution in [0, 0.1) is 0 Å². The van der Waals surface area contributed by atoms with E-state index in [4.69, 9.17) is 19.2 Å². The summed E-state index contributed by atoms with van der Waals surface area (Å²) in [6.45, 7) is 0. The van der Waals surface area contributed by atoms with E-state index >= 15 is 0 Å². The Labute approximate surface area is 93.7 Å².